The number of rotatable bonds is 2. The summed E-state index contributed by atoms with van der Waals surface area (Å²) < 4.78 is 4.75. The Morgan fingerprint density at radius 3 is 2.92 bits per heavy atom. The number of esters is 1. The van der Waals surface area contributed by atoms with Crippen molar-refractivity contribution in [1.82, 2.24) is 4.98 Å². The van der Waals surface area contributed by atoms with E-state index in [1.165, 1.54) is 12.3 Å². The summed E-state index contributed by atoms with van der Waals surface area (Å²) in [6.45, 7) is 2.01. The Balaban J connectivity index is 2.99. The summed E-state index contributed by atoms with van der Waals surface area (Å²) in [5, 5.41) is 0. The maximum absolute atomic E-state index is 11.2. The second-order valence-electron chi connectivity index (χ2n) is 2.42. The molecule has 0 saturated heterocycles. The summed E-state index contributed by atoms with van der Waals surface area (Å²) in [5.74, 6) is -0.368. The topological polar surface area (TPSA) is 91.2 Å². The molecular weight excluding hydrogens is 170 g/mol. The average molecular weight is 181 g/mol. The number of ether oxygens (including phenoxy) is 1. The minimum atomic E-state index is -0.500. The maximum Gasteiger partial charge on any atom is 0.341 e. The summed E-state index contributed by atoms with van der Waals surface area (Å²) in [7, 11) is 0. The van der Waals surface area contributed by atoms with Crippen molar-refractivity contribution in [2.75, 3.05) is 18.1 Å². The van der Waals surface area contributed by atoms with Crippen LogP contribution in [-0.4, -0.2) is 17.6 Å². The predicted molar refractivity (Wildman–Crippen MR) is 49.0 cm³/mol. The van der Waals surface area contributed by atoms with Crippen molar-refractivity contribution >= 4 is 17.5 Å². The summed E-state index contributed by atoms with van der Waals surface area (Å²) in [4.78, 5) is 15.0. The highest BCUT2D eigenvalue weighted by Crippen LogP contribution is 2.13. The van der Waals surface area contributed by atoms with Gasteiger partial charge in [-0.1, -0.05) is 0 Å². The number of nitrogen functional groups attached to an aromatic ring is 2. The van der Waals surface area contributed by atoms with Crippen LogP contribution in [0.2, 0.25) is 0 Å². The second kappa shape index (κ2) is 3.75. The van der Waals surface area contributed by atoms with Crippen molar-refractivity contribution in [3.05, 3.63) is 17.8 Å². The van der Waals surface area contributed by atoms with E-state index in [1.807, 2.05) is 0 Å². The quantitative estimate of drug-likeness (QED) is 0.645. The molecule has 0 aromatic carbocycles. The third-order valence-electron chi connectivity index (χ3n) is 1.44. The minimum Gasteiger partial charge on any atom is -0.462 e. The van der Waals surface area contributed by atoms with Crippen molar-refractivity contribution in [2.45, 2.75) is 6.92 Å². The standard InChI is InChI=1S/C8H11N3O2/c1-2-13-8(12)6-3-5(9)4-11-7(6)10/h3-4H,2,9H2,1H3,(H2,10,11). The number of carbonyl (C=O) groups is 1. The lowest BCUT2D eigenvalue weighted by atomic mass is 10.2. The van der Waals surface area contributed by atoms with E-state index in [1.54, 1.807) is 6.92 Å². The monoisotopic (exact) mass is 181 g/mol. The van der Waals surface area contributed by atoms with Gasteiger partial charge in [-0.15, -0.1) is 0 Å². The number of nitrogens with two attached hydrogens (primary N) is 2. The van der Waals surface area contributed by atoms with Crippen molar-refractivity contribution in [3.8, 4) is 0 Å². The van der Waals surface area contributed by atoms with Gasteiger partial charge in [0.25, 0.3) is 0 Å². The lowest BCUT2D eigenvalue weighted by Gasteiger charge is -2.04. The molecule has 0 amide bonds. The Hall–Kier alpha value is -1.78. The van der Waals surface area contributed by atoms with E-state index < -0.39 is 5.97 Å². The molecule has 0 spiro atoms. The van der Waals surface area contributed by atoms with Gasteiger partial charge in [-0.05, 0) is 13.0 Å². The molecule has 70 valence electrons. The van der Waals surface area contributed by atoms with Gasteiger partial charge in [0, 0.05) is 0 Å². The van der Waals surface area contributed by atoms with Crippen LogP contribution in [0.1, 0.15) is 17.3 Å². The maximum atomic E-state index is 11.2. The van der Waals surface area contributed by atoms with E-state index in [0.717, 1.165) is 0 Å². The Morgan fingerprint density at radius 2 is 2.31 bits per heavy atom. The van der Waals surface area contributed by atoms with E-state index in [4.69, 9.17) is 16.2 Å². The van der Waals surface area contributed by atoms with Crippen LogP contribution in [0.4, 0.5) is 11.5 Å². The number of pyridine rings is 1. The number of nitrogens with zero attached hydrogens (tertiary/aromatic N) is 1. The Morgan fingerprint density at radius 1 is 1.62 bits per heavy atom. The van der Waals surface area contributed by atoms with Gasteiger partial charge in [0.1, 0.15) is 11.4 Å². The predicted octanol–water partition coefficient (Wildman–Crippen LogP) is 0.423. The summed E-state index contributed by atoms with van der Waals surface area (Å²) in [6, 6.07) is 1.44. The Kier molecular flexibility index (Phi) is 2.69. The van der Waals surface area contributed by atoms with Crippen LogP contribution in [0.3, 0.4) is 0 Å². The normalized spacial score (nSPS) is 9.62. The lowest BCUT2D eigenvalue weighted by molar-refractivity contribution is 0.0527. The highest BCUT2D eigenvalue weighted by Gasteiger charge is 2.11. The van der Waals surface area contributed by atoms with Crippen molar-refractivity contribution < 1.29 is 9.53 Å². The molecule has 5 heteroatoms. The van der Waals surface area contributed by atoms with Gasteiger partial charge in [0.2, 0.25) is 0 Å². The van der Waals surface area contributed by atoms with Gasteiger partial charge in [-0.2, -0.15) is 0 Å². The molecule has 0 fully saturated rings. The van der Waals surface area contributed by atoms with Gasteiger partial charge in [0.05, 0.1) is 18.5 Å². The summed E-state index contributed by atoms with van der Waals surface area (Å²) in [6.07, 6.45) is 1.39. The number of hydrogen-bond acceptors (Lipinski definition) is 5. The first-order chi connectivity index (χ1) is 6.15. The fourth-order valence-corrected chi connectivity index (χ4v) is 0.864. The number of hydrogen-bond donors (Lipinski definition) is 2. The van der Waals surface area contributed by atoms with Crippen molar-refractivity contribution in [3.63, 3.8) is 0 Å². The summed E-state index contributed by atoms with van der Waals surface area (Å²) >= 11 is 0. The van der Waals surface area contributed by atoms with Gasteiger partial charge < -0.3 is 16.2 Å². The molecule has 1 heterocycles. The zero-order valence-electron chi connectivity index (χ0n) is 7.28. The molecule has 0 aliphatic heterocycles. The zero-order valence-corrected chi connectivity index (χ0v) is 7.28. The van der Waals surface area contributed by atoms with Crippen LogP contribution in [0.5, 0.6) is 0 Å². The molecule has 4 N–H and O–H groups in total. The fraction of sp³-hybridized carbons (Fsp3) is 0.250. The lowest BCUT2D eigenvalue weighted by Crippen LogP contribution is -2.09. The summed E-state index contributed by atoms with van der Waals surface area (Å²) in [5.41, 5.74) is 11.5. The highest BCUT2D eigenvalue weighted by atomic mass is 16.5. The molecule has 0 radical (unpaired) electrons. The molecule has 13 heavy (non-hydrogen) atoms. The molecule has 5 nitrogen and oxygen atoms in total. The van der Waals surface area contributed by atoms with Gasteiger partial charge in [-0.3, -0.25) is 0 Å². The first-order valence-corrected chi connectivity index (χ1v) is 3.83. The molecule has 1 aromatic rings. The van der Waals surface area contributed by atoms with Crippen LogP contribution in [0, 0.1) is 0 Å². The van der Waals surface area contributed by atoms with E-state index in [-0.39, 0.29) is 11.4 Å². The SMILES string of the molecule is CCOC(=O)c1cc(N)cnc1N. The van der Waals surface area contributed by atoms with Gasteiger partial charge >= 0.3 is 5.97 Å². The fourth-order valence-electron chi connectivity index (χ4n) is 0.864. The van der Waals surface area contributed by atoms with Crippen LogP contribution >= 0.6 is 0 Å². The van der Waals surface area contributed by atoms with Crippen molar-refractivity contribution in [1.29, 1.82) is 0 Å². The molecule has 1 aromatic heterocycles. The number of carbonyl (C=O) groups excluding carboxylic acids is 1. The van der Waals surface area contributed by atoms with Crippen LogP contribution in [-0.2, 0) is 4.74 Å². The minimum absolute atomic E-state index is 0.132. The molecule has 0 bridgehead atoms. The Labute approximate surface area is 75.7 Å². The van der Waals surface area contributed by atoms with Crippen LogP contribution in [0.15, 0.2) is 12.3 Å². The van der Waals surface area contributed by atoms with Crippen LogP contribution in [0.25, 0.3) is 0 Å². The third kappa shape index (κ3) is 2.08. The smallest absolute Gasteiger partial charge is 0.341 e. The molecule has 0 saturated carbocycles. The van der Waals surface area contributed by atoms with E-state index >= 15 is 0 Å². The van der Waals surface area contributed by atoms with Crippen LogP contribution < -0.4 is 11.5 Å². The average Bonchev–Trinajstić information content (AvgIpc) is 2.09. The van der Waals surface area contributed by atoms with Gasteiger partial charge in [-0.25, -0.2) is 9.78 Å². The largest absolute Gasteiger partial charge is 0.462 e. The van der Waals surface area contributed by atoms with Gasteiger partial charge in [0.15, 0.2) is 0 Å². The molecule has 0 aliphatic rings. The molecule has 0 unspecified atom stereocenters. The number of anilines is 2. The zero-order chi connectivity index (χ0) is 9.84. The molecular formula is C8H11N3O2. The second-order valence-corrected chi connectivity index (χ2v) is 2.42. The van der Waals surface area contributed by atoms with Crippen molar-refractivity contribution in [2.24, 2.45) is 0 Å². The third-order valence-corrected chi connectivity index (χ3v) is 1.44. The highest BCUT2D eigenvalue weighted by molar-refractivity contribution is 5.94. The molecule has 0 atom stereocenters. The first kappa shape index (κ1) is 9.31. The molecule has 0 aliphatic carbocycles. The molecule has 1 rings (SSSR count). The van der Waals surface area contributed by atoms with E-state index in [2.05, 4.69) is 4.98 Å². The first-order valence-electron chi connectivity index (χ1n) is 3.83. The van der Waals surface area contributed by atoms with E-state index in [9.17, 15) is 4.79 Å². The Bertz CT molecular complexity index is 325. The van der Waals surface area contributed by atoms with E-state index in [0.29, 0.717) is 12.3 Å². The number of aromatic nitrogens is 1.